The van der Waals surface area contributed by atoms with Crippen LogP contribution in [0, 0.1) is 6.26 Å². The molecular weight excluding hydrogens is 282 g/mol. The van der Waals surface area contributed by atoms with Gasteiger partial charge in [-0.2, -0.15) is 0 Å². The molecule has 109 valence electrons. The molecule has 0 unspecified atom stereocenters. The third-order valence-electron chi connectivity index (χ3n) is 4.49. The summed E-state index contributed by atoms with van der Waals surface area (Å²) in [7, 11) is 0. The second-order valence-electron chi connectivity index (χ2n) is 5.87. The van der Waals surface area contributed by atoms with Gasteiger partial charge < -0.3 is 9.72 Å². The third-order valence-corrected chi connectivity index (χ3v) is 4.49. The molecule has 0 bridgehead atoms. The summed E-state index contributed by atoms with van der Waals surface area (Å²) in [5.41, 5.74) is 5.76. The zero-order valence-corrected chi connectivity index (χ0v) is 12.5. The molecule has 1 aromatic heterocycles. The quantitative estimate of drug-likeness (QED) is 0.519. The molecule has 0 saturated heterocycles. The number of para-hydroxylation sites is 3. The van der Waals surface area contributed by atoms with Crippen LogP contribution in [-0.2, 0) is 6.42 Å². The Hall–Kier alpha value is -3.00. The van der Waals surface area contributed by atoms with Crippen molar-refractivity contribution in [1.82, 2.24) is 4.98 Å². The summed E-state index contributed by atoms with van der Waals surface area (Å²) < 4.78 is 5.71. The highest BCUT2D eigenvalue weighted by molar-refractivity contribution is 6.10. The van der Waals surface area contributed by atoms with Crippen LogP contribution in [0.15, 0.2) is 66.7 Å². The normalized spacial score (nSPS) is 13.7. The second-order valence-corrected chi connectivity index (χ2v) is 5.87. The molecule has 2 heterocycles. The van der Waals surface area contributed by atoms with Crippen molar-refractivity contribution in [3.05, 3.63) is 84.1 Å². The molecule has 0 amide bonds. The van der Waals surface area contributed by atoms with Crippen molar-refractivity contribution >= 4 is 27.4 Å². The minimum atomic E-state index is 0.838. The lowest BCUT2D eigenvalue weighted by molar-refractivity contribution is 0.441. The van der Waals surface area contributed by atoms with Crippen LogP contribution in [0.3, 0.4) is 0 Å². The Morgan fingerprint density at radius 2 is 1.65 bits per heavy atom. The highest BCUT2D eigenvalue weighted by Crippen LogP contribution is 2.35. The van der Waals surface area contributed by atoms with Gasteiger partial charge in [-0.05, 0) is 17.7 Å². The van der Waals surface area contributed by atoms with Crippen LogP contribution in [0.2, 0.25) is 0 Å². The summed E-state index contributed by atoms with van der Waals surface area (Å²) >= 11 is 0. The summed E-state index contributed by atoms with van der Waals surface area (Å²) in [6.45, 7) is 0. The van der Waals surface area contributed by atoms with E-state index in [0.29, 0.717) is 0 Å². The highest BCUT2D eigenvalue weighted by Gasteiger charge is 2.17. The van der Waals surface area contributed by atoms with Gasteiger partial charge in [0.05, 0.1) is 5.52 Å². The smallest absolute Gasteiger partial charge is 0.174 e. The molecule has 1 N–H and O–H groups in total. The Balaban J connectivity index is 1.71. The number of rotatable bonds is 1. The van der Waals surface area contributed by atoms with Crippen LogP contribution in [0.5, 0.6) is 5.75 Å². The van der Waals surface area contributed by atoms with Gasteiger partial charge in [0, 0.05) is 33.8 Å². The Kier molecular flexibility index (Phi) is 2.59. The minimum Gasteiger partial charge on any atom is -0.453 e. The molecule has 1 radical (unpaired) electrons. The van der Waals surface area contributed by atoms with Crippen molar-refractivity contribution in [2.45, 2.75) is 6.42 Å². The van der Waals surface area contributed by atoms with Crippen molar-refractivity contribution < 1.29 is 4.74 Å². The number of aromatic nitrogens is 1. The maximum absolute atomic E-state index is 5.71. The third kappa shape index (κ3) is 1.88. The van der Waals surface area contributed by atoms with Crippen LogP contribution in [0.1, 0.15) is 11.1 Å². The summed E-state index contributed by atoms with van der Waals surface area (Å²) in [5.74, 6) is 0.903. The lowest BCUT2D eigenvalue weighted by atomic mass is 9.95. The van der Waals surface area contributed by atoms with Crippen LogP contribution in [0.25, 0.3) is 27.4 Å². The first-order chi connectivity index (χ1) is 11.4. The molecule has 4 aromatic rings. The summed E-state index contributed by atoms with van der Waals surface area (Å²) in [6, 6.07) is 23.0. The predicted octanol–water partition coefficient (Wildman–Crippen LogP) is 5.10. The fourth-order valence-corrected chi connectivity index (χ4v) is 3.37. The van der Waals surface area contributed by atoms with Crippen LogP contribution < -0.4 is 4.74 Å². The van der Waals surface area contributed by atoms with E-state index in [4.69, 9.17) is 4.74 Å². The Morgan fingerprint density at radius 1 is 0.826 bits per heavy atom. The van der Waals surface area contributed by atoms with E-state index in [2.05, 4.69) is 65.8 Å². The van der Waals surface area contributed by atoms with Gasteiger partial charge in [-0.25, -0.2) is 0 Å². The molecule has 3 aromatic carbocycles. The van der Waals surface area contributed by atoms with Gasteiger partial charge in [0.15, 0.2) is 6.26 Å². The Morgan fingerprint density at radius 3 is 2.65 bits per heavy atom. The zero-order valence-electron chi connectivity index (χ0n) is 12.5. The van der Waals surface area contributed by atoms with E-state index in [1.165, 1.54) is 16.3 Å². The molecule has 1 aliphatic heterocycles. The first-order valence-electron chi connectivity index (χ1n) is 7.76. The lowest BCUT2D eigenvalue weighted by Gasteiger charge is -2.16. The number of nitrogens with one attached hydrogen (secondary N) is 1. The predicted molar refractivity (Wildman–Crippen MR) is 93.2 cm³/mol. The highest BCUT2D eigenvalue weighted by atomic mass is 16.5. The molecule has 0 aliphatic carbocycles. The van der Waals surface area contributed by atoms with E-state index < -0.39 is 0 Å². The monoisotopic (exact) mass is 296 g/mol. The number of H-pyrrole nitrogens is 1. The average molecular weight is 296 g/mol. The zero-order chi connectivity index (χ0) is 15.2. The number of allylic oxidation sites excluding steroid dienone is 1. The minimum absolute atomic E-state index is 0.838. The first-order valence-corrected chi connectivity index (χ1v) is 7.76. The van der Waals surface area contributed by atoms with Crippen LogP contribution in [0.4, 0.5) is 0 Å². The molecule has 2 nitrogen and oxygen atoms in total. The van der Waals surface area contributed by atoms with E-state index in [-0.39, 0.29) is 0 Å². The Labute approximate surface area is 134 Å². The van der Waals surface area contributed by atoms with Crippen molar-refractivity contribution in [2.24, 2.45) is 0 Å². The topological polar surface area (TPSA) is 25.0 Å². The van der Waals surface area contributed by atoms with E-state index in [1.54, 1.807) is 0 Å². The van der Waals surface area contributed by atoms with Crippen LogP contribution >= 0.6 is 0 Å². The summed E-state index contributed by atoms with van der Waals surface area (Å²) in [6.07, 6.45) is 3.96. The van der Waals surface area contributed by atoms with Gasteiger partial charge in [0.25, 0.3) is 0 Å². The van der Waals surface area contributed by atoms with Gasteiger partial charge >= 0.3 is 0 Å². The molecular formula is C21H14NO. The molecule has 0 spiro atoms. The van der Waals surface area contributed by atoms with E-state index >= 15 is 0 Å². The van der Waals surface area contributed by atoms with E-state index in [1.807, 2.05) is 12.1 Å². The number of fused-ring (bicyclic) bond motifs is 4. The SMILES string of the molecule is [C]1=C(c2cccc3c2[nH]c2ccccc23)Cc2ccccc2O1. The molecule has 23 heavy (non-hydrogen) atoms. The second kappa shape index (κ2) is 4.75. The number of hydrogen-bond acceptors (Lipinski definition) is 1. The number of aromatic amines is 1. The molecule has 0 saturated carbocycles. The molecule has 1 aliphatic rings. The van der Waals surface area contributed by atoms with E-state index in [0.717, 1.165) is 34.3 Å². The first kappa shape index (κ1) is 12.5. The maximum atomic E-state index is 5.71. The van der Waals surface area contributed by atoms with Gasteiger partial charge in [-0.3, -0.25) is 0 Å². The molecule has 5 rings (SSSR count). The van der Waals surface area contributed by atoms with Gasteiger partial charge in [0.1, 0.15) is 5.75 Å². The van der Waals surface area contributed by atoms with Crippen molar-refractivity contribution in [1.29, 1.82) is 0 Å². The molecule has 0 fully saturated rings. The number of hydrogen-bond donors (Lipinski definition) is 1. The maximum Gasteiger partial charge on any atom is 0.174 e. The Bertz CT molecular complexity index is 1070. The number of benzene rings is 3. The van der Waals surface area contributed by atoms with Gasteiger partial charge in [-0.15, -0.1) is 0 Å². The largest absolute Gasteiger partial charge is 0.453 e. The molecule has 0 atom stereocenters. The fourth-order valence-electron chi connectivity index (χ4n) is 3.37. The fraction of sp³-hybridized carbons (Fsp3) is 0.0476. The lowest BCUT2D eigenvalue weighted by Crippen LogP contribution is -2.03. The summed E-state index contributed by atoms with van der Waals surface area (Å²) in [5, 5.41) is 2.49. The number of ether oxygens (including phenoxy) is 1. The van der Waals surface area contributed by atoms with Crippen molar-refractivity contribution in [3.63, 3.8) is 0 Å². The van der Waals surface area contributed by atoms with Gasteiger partial charge in [-0.1, -0.05) is 54.6 Å². The molecule has 2 heteroatoms. The van der Waals surface area contributed by atoms with E-state index in [9.17, 15) is 0 Å². The van der Waals surface area contributed by atoms with Gasteiger partial charge in [0.2, 0.25) is 0 Å². The summed E-state index contributed by atoms with van der Waals surface area (Å²) in [4.78, 5) is 3.55. The standard InChI is InChI=1S/C21H14NO/c1-4-11-20-14(6-1)12-15(13-23-20)16-8-5-9-18-17-7-2-3-10-19(17)22-21(16)18/h1-11,22H,12H2. The van der Waals surface area contributed by atoms with Crippen molar-refractivity contribution in [3.8, 4) is 5.75 Å². The average Bonchev–Trinajstić information content (AvgIpc) is 3.00. The van der Waals surface area contributed by atoms with Crippen LogP contribution in [-0.4, -0.2) is 4.98 Å². The van der Waals surface area contributed by atoms with Crippen molar-refractivity contribution in [2.75, 3.05) is 0 Å².